The molecular weight excluding hydrogens is 310 g/mol. The van der Waals surface area contributed by atoms with E-state index >= 15 is 0 Å². The fraction of sp³-hybridized carbons (Fsp3) is 0.562. The van der Waals surface area contributed by atoms with Gasteiger partial charge in [-0.3, -0.25) is 19.7 Å². The molecule has 2 aromatic rings. The molecule has 1 fully saturated rings. The van der Waals surface area contributed by atoms with Crippen LogP contribution in [0.3, 0.4) is 0 Å². The van der Waals surface area contributed by atoms with E-state index < -0.39 is 0 Å². The highest BCUT2D eigenvalue weighted by atomic mass is 16.5. The van der Waals surface area contributed by atoms with Gasteiger partial charge in [0.05, 0.1) is 37.2 Å². The van der Waals surface area contributed by atoms with E-state index in [0.29, 0.717) is 25.6 Å². The maximum absolute atomic E-state index is 12.4. The Bertz CT molecular complexity index is 695. The number of nitrogens with zero attached hydrogens (tertiary/aromatic N) is 4. The van der Waals surface area contributed by atoms with Gasteiger partial charge >= 0.3 is 0 Å². The van der Waals surface area contributed by atoms with E-state index in [-0.39, 0.29) is 18.1 Å². The predicted octanol–water partition coefficient (Wildman–Crippen LogP) is 1.22. The second-order valence-corrected chi connectivity index (χ2v) is 6.23. The highest BCUT2D eigenvalue weighted by molar-refractivity contribution is 5.93. The predicted molar refractivity (Wildman–Crippen MR) is 87.6 cm³/mol. The molecule has 24 heavy (non-hydrogen) atoms. The molecule has 0 bridgehead atoms. The van der Waals surface area contributed by atoms with Crippen molar-refractivity contribution >= 4 is 11.8 Å². The number of nitrogens with one attached hydrogen (secondary N) is 1. The summed E-state index contributed by atoms with van der Waals surface area (Å²) in [5.41, 5.74) is 1.86. The lowest BCUT2D eigenvalue weighted by Crippen LogP contribution is -2.51. The van der Waals surface area contributed by atoms with Crippen LogP contribution >= 0.6 is 0 Å². The van der Waals surface area contributed by atoms with Crippen molar-refractivity contribution in [3.8, 4) is 0 Å². The van der Waals surface area contributed by atoms with Crippen molar-refractivity contribution in [1.82, 2.24) is 19.8 Å². The summed E-state index contributed by atoms with van der Waals surface area (Å²) in [5, 5.41) is 10.8. The number of hydrogen-bond donors (Lipinski definition) is 1. The summed E-state index contributed by atoms with van der Waals surface area (Å²) in [6.45, 7) is 8.39. The number of aromatic nitrogens is 3. The third kappa shape index (κ3) is 4.01. The molecule has 1 aliphatic heterocycles. The molecule has 2 atom stereocenters. The van der Waals surface area contributed by atoms with Gasteiger partial charge in [-0.1, -0.05) is 5.16 Å². The molecule has 0 radical (unpaired) electrons. The molecule has 0 aliphatic carbocycles. The van der Waals surface area contributed by atoms with E-state index in [0.717, 1.165) is 17.8 Å². The number of carbonyl (C=O) groups excluding carboxylic acids is 1. The molecule has 8 nitrogen and oxygen atoms in total. The molecule has 130 valence electrons. The van der Waals surface area contributed by atoms with Crippen LogP contribution in [-0.4, -0.2) is 57.6 Å². The monoisotopic (exact) mass is 333 g/mol. The Morgan fingerprint density at radius 2 is 2.33 bits per heavy atom. The molecule has 3 heterocycles. The van der Waals surface area contributed by atoms with Gasteiger partial charge in [0, 0.05) is 25.4 Å². The maximum atomic E-state index is 12.4. The molecule has 2 aromatic heterocycles. The van der Waals surface area contributed by atoms with Crippen LogP contribution in [-0.2, 0) is 16.1 Å². The van der Waals surface area contributed by atoms with Crippen LogP contribution < -0.4 is 5.32 Å². The molecular formula is C16H23N5O3. The van der Waals surface area contributed by atoms with Crippen molar-refractivity contribution in [2.45, 2.75) is 39.5 Å². The van der Waals surface area contributed by atoms with Gasteiger partial charge in [0.1, 0.15) is 0 Å². The standard InChI is InChI=1S/C16H23N5O3/c1-11-7-17-21(8-11)10-14-9-20(4-5-23-14)13(3)16(22)18-15-6-12(2)19-24-15/h6-8,13-14H,4-5,9-10H2,1-3H3,(H,18,22)/t13-,14-/m1/s1. The van der Waals surface area contributed by atoms with E-state index in [1.807, 2.05) is 37.8 Å². The Hall–Kier alpha value is -2.19. The minimum Gasteiger partial charge on any atom is -0.374 e. The first-order valence-corrected chi connectivity index (χ1v) is 8.10. The Morgan fingerprint density at radius 1 is 1.50 bits per heavy atom. The van der Waals surface area contributed by atoms with Gasteiger partial charge in [0.2, 0.25) is 11.8 Å². The van der Waals surface area contributed by atoms with Gasteiger partial charge < -0.3 is 9.26 Å². The lowest BCUT2D eigenvalue weighted by Gasteiger charge is -2.35. The molecule has 0 saturated carbocycles. The fourth-order valence-electron chi connectivity index (χ4n) is 2.79. The van der Waals surface area contributed by atoms with Crippen LogP contribution in [0.25, 0.3) is 0 Å². The summed E-state index contributed by atoms with van der Waals surface area (Å²) in [5.74, 6) is 0.267. The Kier molecular flexibility index (Phi) is 4.96. The number of hydrogen-bond acceptors (Lipinski definition) is 6. The van der Waals surface area contributed by atoms with E-state index in [9.17, 15) is 4.79 Å². The summed E-state index contributed by atoms with van der Waals surface area (Å²) < 4.78 is 12.7. The summed E-state index contributed by atoms with van der Waals surface area (Å²) in [4.78, 5) is 14.5. The van der Waals surface area contributed by atoms with Crippen molar-refractivity contribution < 1.29 is 14.1 Å². The van der Waals surface area contributed by atoms with Crippen LogP contribution in [0.5, 0.6) is 0 Å². The highest BCUT2D eigenvalue weighted by Crippen LogP contribution is 2.14. The number of carbonyl (C=O) groups is 1. The largest absolute Gasteiger partial charge is 0.374 e. The van der Waals surface area contributed by atoms with Gasteiger partial charge in [-0.25, -0.2) is 0 Å². The first-order valence-electron chi connectivity index (χ1n) is 8.10. The topological polar surface area (TPSA) is 85.4 Å². The molecule has 1 amide bonds. The summed E-state index contributed by atoms with van der Waals surface area (Å²) in [7, 11) is 0. The lowest BCUT2D eigenvalue weighted by molar-refractivity contribution is -0.124. The van der Waals surface area contributed by atoms with Gasteiger partial charge in [-0.05, 0) is 26.3 Å². The smallest absolute Gasteiger partial charge is 0.243 e. The Balaban J connectivity index is 1.55. The molecule has 0 spiro atoms. The zero-order valence-electron chi connectivity index (χ0n) is 14.2. The number of ether oxygens (including phenoxy) is 1. The van der Waals surface area contributed by atoms with E-state index in [1.54, 1.807) is 6.07 Å². The quantitative estimate of drug-likeness (QED) is 0.885. The van der Waals surface area contributed by atoms with E-state index in [4.69, 9.17) is 9.26 Å². The van der Waals surface area contributed by atoms with Crippen LogP contribution in [0.15, 0.2) is 23.0 Å². The summed E-state index contributed by atoms with van der Waals surface area (Å²) >= 11 is 0. The van der Waals surface area contributed by atoms with Gasteiger partial charge in [0.15, 0.2) is 0 Å². The van der Waals surface area contributed by atoms with Crippen molar-refractivity contribution in [2.24, 2.45) is 0 Å². The number of morpholine rings is 1. The molecule has 1 saturated heterocycles. The summed E-state index contributed by atoms with van der Waals surface area (Å²) in [6, 6.07) is 1.42. The van der Waals surface area contributed by atoms with Crippen LogP contribution in [0.1, 0.15) is 18.2 Å². The van der Waals surface area contributed by atoms with Gasteiger partial charge in [0.25, 0.3) is 0 Å². The number of amides is 1. The molecule has 8 heteroatoms. The highest BCUT2D eigenvalue weighted by Gasteiger charge is 2.28. The zero-order valence-corrected chi connectivity index (χ0v) is 14.2. The minimum atomic E-state index is -0.277. The van der Waals surface area contributed by atoms with E-state index in [1.165, 1.54) is 0 Å². The lowest BCUT2D eigenvalue weighted by atomic mass is 10.2. The third-order valence-electron chi connectivity index (χ3n) is 4.12. The van der Waals surface area contributed by atoms with Crippen molar-refractivity contribution in [3.63, 3.8) is 0 Å². The first-order chi connectivity index (χ1) is 11.5. The number of anilines is 1. The first kappa shape index (κ1) is 16.7. The molecule has 3 rings (SSSR count). The molecule has 0 unspecified atom stereocenters. The maximum Gasteiger partial charge on any atom is 0.243 e. The summed E-state index contributed by atoms with van der Waals surface area (Å²) in [6.07, 6.45) is 3.83. The van der Waals surface area contributed by atoms with E-state index in [2.05, 4.69) is 20.5 Å². The van der Waals surface area contributed by atoms with Gasteiger partial charge in [-0.15, -0.1) is 0 Å². The average Bonchev–Trinajstić information content (AvgIpc) is 3.15. The number of rotatable bonds is 5. The van der Waals surface area contributed by atoms with Crippen molar-refractivity contribution in [2.75, 3.05) is 25.0 Å². The number of aryl methyl sites for hydroxylation is 2. The molecule has 1 N–H and O–H groups in total. The van der Waals surface area contributed by atoms with Crippen LogP contribution in [0.2, 0.25) is 0 Å². The van der Waals surface area contributed by atoms with Gasteiger partial charge in [-0.2, -0.15) is 5.10 Å². The second kappa shape index (κ2) is 7.14. The molecule has 0 aromatic carbocycles. The average molecular weight is 333 g/mol. The SMILES string of the molecule is Cc1cnn(C[C@H]2CN([C@H](C)C(=O)Nc3cc(C)no3)CCO2)c1. The Morgan fingerprint density at radius 3 is 3.00 bits per heavy atom. The second-order valence-electron chi connectivity index (χ2n) is 6.23. The fourth-order valence-corrected chi connectivity index (χ4v) is 2.79. The molecule has 1 aliphatic rings. The van der Waals surface area contributed by atoms with Crippen molar-refractivity contribution in [3.05, 3.63) is 29.7 Å². The van der Waals surface area contributed by atoms with Crippen LogP contribution in [0.4, 0.5) is 5.88 Å². The van der Waals surface area contributed by atoms with Crippen molar-refractivity contribution in [1.29, 1.82) is 0 Å². The minimum absolute atomic E-state index is 0.0147. The Labute approximate surface area is 140 Å². The zero-order chi connectivity index (χ0) is 17.1. The third-order valence-corrected chi connectivity index (χ3v) is 4.12. The normalized spacial score (nSPS) is 20.0. The van der Waals surface area contributed by atoms with Crippen LogP contribution in [0, 0.1) is 13.8 Å².